The van der Waals surface area contributed by atoms with Gasteiger partial charge in [-0.05, 0) is 119 Å². The molecule has 0 unspecified atom stereocenters. The Morgan fingerprint density at radius 3 is 0.644 bits per heavy atom. The molecule has 12 heteroatoms. The van der Waals surface area contributed by atoms with Gasteiger partial charge < -0.3 is 14.2 Å². The number of para-hydroxylation sites is 6. The van der Waals surface area contributed by atoms with Crippen molar-refractivity contribution in [2.45, 2.75) is 0 Å². The van der Waals surface area contributed by atoms with Gasteiger partial charge in [0.2, 0.25) is 0 Å². The van der Waals surface area contributed by atoms with Gasteiger partial charge in [-0.3, -0.25) is 0 Å². The zero-order valence-electron chi connectivity index (χ0n) is 72.7. The van der Waals surface area contributed by atoms with Gasteiger partial charge in [-0.2, -0.15) is 0 Å². The quantitative estimate of drug-likeness (QED) is 0.122. The molecule has 0 spiro atoms. The average Bonchev–Trinajstić information content (AvgIpc) is 0.744. The lowest BCUT2D eigenvalue weighted by Crippen LogP contribution is -2.03. The molecule has 0 radical (unpaired) electrons. The third-order valence-electron chi connectivity index (χ3n) is 25.0. The monoisotopic (exact) mass is 1730 g/mol. The summed E-state index contributed by atoms with van der Waals surface area (Å²) in [6, 6.07) is 160. The zero-order chi connectivity index (χ0) is 89.5. The number of aromatic nitrogens is 9. The lowest BCUT2D eigenvalue weighted by Gasteiger charge is -2.23. The number of ether oxygens (including phenoxy) is 3. The van der Waals surface area contributed by atoms with Crippen LogP contribution in [0.3, 0.4) is 0 Å². The van der Waals surface area contributed by atoms with Crippen molar-refractivity contribution in [2.75, 3.05) is 0 Å². The van der Waals surface area contributed by atoms with Gasteiger partial charge in [-0.1, -0.05) is 431 Å². The zero-order valence-corrected chi connectivity index (χ0v) is 72.7. The molecule has 0 saturated heterocycles. The van der Waals surface area contributed by atoms with Crippen molar-refractivity contribution >= 4 is 32.3 Å². The normalized spacial score (nSPS) is 11.6. The minimum atomic E-state index is 0.550. The molecular weight excluding hydrogens is 1650 g/mol. The fourth-order valence-electron chi connectivity index (χ4n) is 18.7. The third-order valence-corrected chi connectivity index (χ3v) is 25.0. The summed E-state index contributed by atoms with van der Waals surface area (Å²) >= 11 is 0. The molecule has 3 aliphatic rings. The van der Waals surface area contributed by atoms with E-state index in [1.165, 1.54) is 37.9 Å². The first-order valence-electron chi connectivity index (χ1n) is 45.0. The molecule has 0 atom stereocenters. The Morgan fingerprint density at radius 2 is 0.319 bits per heavy atom. The maximum atomic E-state index is 6.92. The second-order valence-electron chi connectivity index (χ2n) is 33.2. The average molecular weight is 1730 g/mol. The van der Waals surface area contributed by atoms with E-state index >= 15 is 0 Å². The highest BCUT2D eigenvalue weighted by Gasteiger charge is 2.30. The number of nitrogens with zero attached hydrogens (tertiary/aromatic N) is 9. The van der Waals surface area contributed by atoms with E-state index in [2.05, 4.69) is 267 Å². The number of hydrogen-bond acceptors (Lipinski definition) is 12. The van der Waals surface area contributed by atoms with Gasteiger partial charge in [0.05, 0.1) is 11.1 Å². The molecule has 135 heavy (non-hydrogen) atoms. The van der Waals surface area contributed by atoms with Crippen molar-refractivity contribution in [1.29, 1.82) is 0 Å². The third kappa shape index (κ3) is 15.3. The Bertz CT molecular complexity index is 8370. The second-order valence-corrected chi connectivity index (χ2v) is 33.2. The molecular formula is C123H77N9O3. The van der Waals surface area contributed by atoms with Crippen molar-refractivity contribution in [1.82, 2.24) is 44.9 Å². The molecule has 26 rings (SSSR count). The molecule has 0 fully saturated rings. The smallest absolute Gasteiger partial charge is 0.167 e. The van der Waals surface area contributed by atoms with E-state index in [0.717, 1.165) is 168 Å². The molecule has 632 valence electrons. The van der Waals surface area contributed by atoms with Gasteiger partial charge in [-0.25, -0.2) is 44.9 Å². The van der Waals surface area contributed by atoms with Crippen LogP contribution in [0.2, 0.25) is 0 Å². The van der Waals surface area contributed by atoms with E-state index in [0.29, 0.717) is 52.4 Å². The SMILES string of the molecule is c1ccc(-c2cccc(-c3nc(-c4ccccc4)nc(-c4cccc5c4Oc4ccccc4-c4cccc6cccc-5c46)n3)c2)cc1.c1ccc(-c2nc(-c3ccccc3)nc(-c3ccc(-c4cccc5c4Oc4ccccc4-c4cccc6cccc-5c46)cc3)n2)cc1.c1ccc(-c2nc(-c3ccccc3)nc(-c3cccc4c3Oc3ccccc3-c3cccc5cccc-4c35)n2)cc1. The fraction of sp³-hybridized carbons (Fsp3) is 0. The van der Waals surface area contributed by atoms with Crippen molar-refractivity contribution in [3.63, 3.8) is 0 Å². The van der Waals surface area contributed by atoms with E-state index in [4.69, 9.17) is 59.1 Å². The maximum absolute atomic E-state index is 6.92. The fourth-order valence-corrected chi connectivity index (χ4v) is 18.7. The van der Waals surface area contributed by atoms with Crippen LogP contribution < -0.4 is 14.2 Å². The van der Waals surface area contributed by atoms with Crippen molar-refractivity contribution in [3.8, 4) is 226 Å². The summed E-state index contributed by atoms with van der Waals surface area (Å²) < 4.78 is 20.6. The van der Waals surface area contributed by atoms with Crippen LogP contribution in [0.5, 0.6) is 34.5 Å². The van der Waals surface area contributed by atoms with Crippen molar-refractivity contribution in [3.05, 3.63) is 467 Å². The molecule has 0 aliphatic carbocycles. The predicted octanol–water partition coefficient (Wildman–Crippen LogP) is 31.7. The largest absolute Gasteiger partial charge is 0.455 e. The molecule has 23 aromatic rings. The van der Waals surface area contributed by atoms with Crippen LogP contribution in [0.4, 0.5) is 0 Å². The first-order valence-corrected chi connectivity index (χ1v) is 45.0. The number of fused-ring (bicyclic) bond motifs is 12. The van der Waals surface area contributed by atoms with E-state index < -0.39 is 0 Å². The highest BCUT2D eigenvalue weighted by atomic mass is 16.5. The maximum Gasteiger partial charge on any atom is 0.167 e. The van der Waals surface area contributed by atoms with Crippen LogP contribution in [0, 0.1) is 0 Å². The van der Waals surface area contributed by atoms with Crippen LogP contribution in [0.15, 0.2) is 467 Å². The summed E-state index contributed by atoms with van der Waals surface area (Å²) in [5.41, 5.74) is 25.5. The lowest BCUT2D eigenvalue weighted by atomic mass is 9.88. The Balaban J connectivity index is 0.000000111. The van der Waals surface area contributed by atoms with E-state index in [-0.39, 0.29) is 0 Å². The molecule has 0 saturated carbocycles. The minimum Gasteiger partial charge on any atom is -0.455 e. The van der Waals surface area contributed by atoms with Crippen molar-refractivity contribution in [2.24, 2.45) is 0 Å². The van der Waals surface area contributed by atoms with Crippen LogP contribution >= 0.6 is 0 Å². The van der Waals surface area contributed by atoms with Crippen LogP contribution in [0.25, 0.3) is 224 Å². The van der Waals surface area contributed by atoms with E-state index in [9.17, 15) is 0 Å². The van der Waals surface area contributed by atoms with Crippen molar-refractivity contribution < 1.29 is 14.2 Å². The van der Waals surface area contributed by atoms with Gasteiger partial charge in [-0.15, -0.1) is 0 Å². The standard InChI is InChI=1S/2C43H27N3O.C37H23N3O/c1-3-13-28(14-4-1)31-19-9-20-32(27-31)42-44-41(30-15-5-2-6-16-30)45-43(46-42)37-25-12-24-36-35-23-11-18-29-17-10-22-34(39(29)35)33-21-7-8-26-38(33)47-40(36)37;1-3-12-30(13-4-1)41-44-42(31-14-5-2-6-15-31)46-43(45-41)32-26-24-28(25-27-32)33-19-11-22-37-36-21-10-17-29-16-9-20-35(39(29)36)34-18-7-8-23-38(34)47-40(33)37;1-3-12-25(13-4-1)35-38-36(26-14-5-2-6-15-26)40-37(39-35)31-22-11-21-30-29-20-10-17-24-16-9-19-28(33(24)29)27-18-7-8-23-32(27)41-34(30)31/h2*1-27H;1-23H. The summed E-state index contributed by atoms with van der Waals surface area (Å²) in [5.74, 6) is 10.2. The first-order chi connectivity index (χ1) is 66.9. The molecule has 3 aliphatic heterocycles. The number of hydrogen-bond donors (Lipinski definition) is 0. The van der Waals surface area contributed by atoms with Gasteiger partial charge in [0.15, 0.2) is 52.4 Å². The van der Waals surface area contributed by atoms with Crippen LogP contribution in [-0.4, -0.2) is 44.9 Å². The Kier molecular flexibility index (Phi) is 20.7. The molecule has 20 aromatic carbocycles. The van der Waals surface area contributed by atoms with Crippen LogP contribution in [-0.2, 0) is 0 Å². The van der Waals surface area contributed by atoms with Gasteiger partial charge >= 0.3 is 0 Å². The Hall–Kier alpha value is -18.4. The molecule has 12 nitrogen and oxygen atoms in total. The van der Waals surface area contributed by atoms with Gasteiger partial charge in [0, 0.05) is 77.9 Å². The summed E-state index contributed by atoms with van der Waals surface area (Å²) in [6.07, 6.45) is 0. The van der Waals surface area contributed by atoms with Crippen LogP contribution in [0.1, 0.15) is 0 Å². The highest BCUT2D eigenvalue weighted by Crippen LogP contribution is 2.55. The number of rotatable bonds is 11. The topological polar surface area (TPSA) is 144 Å². The molecule has 0 amide bonds. The Labute approximate surface area is 779 Å². The lowest BCUT2D eigenvalue weighted by molar-refractivity contribution is 0.487. The summed E-state index contributed by atoms with van der Waals surface area (Å²) in [4.78, 5) is 44.8. The molecule has 0 N–H and O–H groups in total. The molecule has 0 bridgehead atoms. The van der Waals surface area contributed by atoms with E-state index in [1.807, 2.05) is 200 Å². The van der Waals surface area contributed by atoms with E-state index in [1.54, 1.807) is 0 Å². The van der Waals surface area contributed by atoms with Gasteiger partial charge in [0.25, 0.3) is 0 Å². The predicted molar refractivity (Wildman–Crippen MR) is 545 cm³/mol. The highest BCUT2D eigenvalue weighted by molar-refractivity contribution is 6.12. The Morgan fingerprint density at radius 1 is 0.119 bits per heavy atom. The first kappa shape index (κ1) is 80.0. The molecule has 6 heterocycles. The minimum absolute atomic E-state index is 0.550. The summed E-state index contributed by atoms with van der Waals surface area (Å²) in [7, 11) is 0. The summed E-state index contributed by atoms with van der Waals surface area (Å²) in [5, 5.41) is 7.21. The number of benzene rings is 20. The summed E-state index contributed by atoms with van der Waals surface area (Å²) in [6.45, 7) is 0. The second kappa shape index (κ2) is 34.9. The molecule has 3 aromatic heterocycles. The van der Waals surface area contributed by atoms with Gasteiger partial charge in [0.1, 0.15) is 34.5 Å².